The Morgan fingerprint density at radius 2 is 2.00 bits per heavy atom. The van der Waals surface area contributed by atoms with Crippen LogP contribution in [0.3, 0.4) is 0 Å². The third kappa shape index (κ3) is 3.98. The first-order valence-electron chi connectivity index (χ1n) is 10.1. The van der Waals surface area contributed by atoms with Crippen molar-refractivity contribution in [2.45, 2.75) is 44.1 Å². The summed E-state index contributed by atoms with van der Waals surface area (Å²) in [5.74, 6) is 1.24. The van der Waals surface area contributed by atoms with Gasteiger partial charge in [-0.2, -0.15) is 0 Å². The van der Waals surface area contributed by atoms with Crippen LogP contribution in [-0.2, 0) is 6.42 Å². The Hall–Kier alpha value is -2.86. The number of hydrogen-bond acceptors (Lipinski definition) is 4. The highest BCUT2D eigenvalue weighted by molar-refractivity contribution is 6.01. The number of rotatable bonds is 7. The number of nitrogens with zero attached hydrogens (tertiary/aromatic N) is 2. The molecule has 1 aliphatic rings. The van der Waals surface area contributed by atoms with Gasteiger partial charge >= 0.3 is 0 Å². The highest BCUT2D eigenvalue weighted by Crippen LogP contribution is 2.41. The highest BCUT2D eigenvalue weighted by atomic mass is 16.3. The summed E-state index contributed by atoms with van der Waals surface area (Å²) in [5, 5.41) is 21.4. The summed E-state index contributed by atoms with van der Waals surface area (Å²) < 4.78 is 0. The molecule has 1 aliphatic carbocycles. The summed E-state index contributed by atoms with van der Waals surface area (Å²) in [6, 6.07) is 11.3. The molecule has 152 valence electrons. The predicted octanol–water partition coefficient (Wildman–Crippen LogP) is 3.90. The van der Waals surface area contributed by atoms with Crippen molar-refractivity contribution in [1.82, 2.24) is 14.9 Å². The molecule has 1 unspecified atom stereocenters. The van der Waals surface area contributed by atoms with Crippen molar-refractivity contribution in [2.24, 2.45) is 0 Å². The number of carbonyl (C=O) groups excluding carboxylic acids is 1. The number of fused-ring (bicyclic) bond motifs is 1. The van der Waals surface area contributed by atoms with E-state index in [1.165, 1.54) is 4.90 Å². The van der Waals surface area contributed by atoms with E-state index in [9.17, 15) is 15.0 Å². The number of aliphatic hydroxyl groups is 1. The van der Waals surface area contributed by atoms with Crippen molar-refractivity contribution < 1.29 is 15.0 Å². The summed E-state index contributed by atoms with van der Waals surface area (Å²) in [4.78, 5) is 22.1. The van der Waals surface area contributed by atoms with Crippen LogP contribution in [0.4, 0.5) is 0 Å². The number of aliphatic hydroxyl groups excluding tert-OH is 1. The first kappa shape index (κ1) is 19.5. The van der Waals surface area contributed by atoms with Crippen molar-refractivity contribution in [2.75, 3.05) is 14.1 Å². The molecule has 0 aliphatic heterocycles. The van der Waals surface area contributed by atoms with Gasteiger partial charge < -0.3 is 20.1 Å². The number of aromatic hydroxyl groups is 1. The molecule has 0 bridgehead atoms. The fraction of sp³-hybridized carbons (Fsp3) is 0.391. The van der Waals surface area contributed by atoms with Crippen LogP contribution in [0.15, 0.2) is 36.4 Å². The van der Waals surface area contributed by atoms with Crippen LogP contribution in [0.25, 0.3) is 11.0 Å². The Labute approximate surface area is 170 Å². The van der Waals surface area contributed by atoms with Gasteiger partial charge in [-0.25, -0.2) is 4.98 Å². The molecule has 1 fully saturated rings. The van der Waals surface area contributed by atoms with E-state index in [0.717, 1.165) is 24.2 Å². The quantitative estimate of drug-likeness (QED) is 0.568. The minimum Gasteiger partial charge on any atom is -0.505 e. The topological polar surface area (TPSA) is 89.5 Å². The Bertz CT molecular complexity index is 1020. The Morgan fingerprint density at radius 3 is 2.66 bits per heavy atom. The smallest absolute Gasteiger partial charge is 0.253 e. The van der Waals surface area contributed by atoms with Crippen LogP contribution in [0.2, 0.25) is 0 Å². The van der Waals surface area contributed by atoms with Gasteiger partial charge in [0, 0.05) is 31.1 Å². The molecule has 1 amide bonds. The molecule has 6 heteroatoms. The van der Waals surface area contributed by atoms with Crippen LogP contribution in [0.5, 0.6) is 5.75 Å². The van der Waals surface area contributed by atoms with E-state index in [-0.39, 0.29) is 11.7 Å². The first-order valence-corrected chi connectivity index (χ1v) is 10.1. The van der Waals surface area contributed by atoms with Crippen LogP contribution in [-0.4, -0.2) is 45.1 Å². The largest absolute Gasteiger partial charge is 0.505 e. The molecule has 2 aromatic carbocycles. The third-order valence-electron chi connectivity index (χ3n) is 5.56. The summed E-state index contributed by atoms with van der Waals surface area (Å²) in [6.07, 6.45) is 3.32. The van der Waals surface area contributed by atoms with Crippen molar-refractivity contribution in [3.8, 4) is 5.75 Å². The summed E-state index contributed by atoms with van der Waals surface area (Å²) in [7, 11) is 3.41. The summed E-state index contributed by atoms with van der Waals surface area (Å²) in [6.45, 7) is 0. The average Bonchev–Trinajstić information content (AvgIpc) is 3.48. The van der Waals surface area contributed by atoms with Gasteiger partial charge in [-0.3, -0.25) is 4.79 Å². The first-order chi connectivity index (χ1) is 14.0. The zero-order chi connectivity index (χ0) is 20.5. The summed E-state index contributed by atoms with van der Waals surface area (Å²) >= 11 is 0. The second-order valence-electron chi connectivity index (χ2n) is 8.06. The number of aromatic amines is 1. The van der Waals surface area contributed by atoms with Gasteiger partial charge in [0.25, 0.3) is 5.91 Å². The van der Waals surface area contributed by atoms with E-state index in [1.807, 2.05) is 30.3 Å². The number of phenolic OH excluding ortho intramolecular Hbond substituents is 1. The average molecular weight is 393 g/mol. The third-order valence-corrected chi connectivity index (χ3v) is 5.56. The van der Waals surface area contributed by atoms with Gasteiger partial charge in [0.15, 0.2) is 0 Å². The van der Waals surface area contributed by atoms with E-state index < -0.39 is 6.10 Å². The van der Waals surface area contributed by atoms with Crippen LogP contribution in [0, 0.1) is 0 Å². The Balaban J connectivity index is 1.61. The van der Waals surface area contributed by atoms with Crippen LogP contribution >= 0.6 is 0 Å². The van der Waals surface area contributed by atoms with Crippen molar-refractivity contribution in [3.63, 3.8) is 0 Å². The maximum Gasteiger partial charge on any atom is 0.253 e. The lowest BCUT2D eigenvalue weighted by Gasteiger charge is -2.16. The van der Waals surface area contributed by atoms with E-state index in [0.29, 0.717) is 47.3 Å². The number of aromatic nitrogens is 2. The number of carbonyl (C=O) groups is 1. The van der Waals surface area contributed by atoms with Crippen molar-refractivity contribution in [1.29, 1.82) is 0 Å². The molecule has 0 radical (unpaired) electrons. The second kappa shape index (κ2) is 7.87. The maximum absolute atomic E-state index is 12.8. The van der Waals surface area contributed by atoms with Crippen LogP contribution < -0.4 is 0 Å². The number of benzene rings is 2. The molecule has 1 heterocycles. The molecule has 4 rings (SSSR count). The van der Waals surface area contributed by atoms with Gasteiger partial charge in [-0.15, -0.1) is 0 Å². The molecule has 1 saturated carbocycles. The van der Waals surface area contributed by atoms with Crippen molar-refractivity contribution >= 4 is 16.9 Å². The molecule has 3 N–H and O–H groups in total. The highest BCUT2D eigenvalue weighted by Gasteiger charge is 2.29. The van der Waals surface area contributed by atoms with Crippen LogP contribution in [0.1, 0.15) is 65.0 Å². The van der Waals surface area contributed by atoms with E-state index in [2.05, 4.69) is 9.97 Å². The monoisotopic (exact) mass is 393 g/mol. The zero-order valence-corrected chi connectivity index (χ0v) is 16.9. The van der Waals surface area contributed by atoms with Gasteiger partial charge in [-0.05, 0) is 43.7 Å². The number of H-pyrrole nitrogens is 1. The number of hydrogen-bond donors (Lipinski definition) is 3. The SMILES string of the molecule is CN(C)C(=O)c1cc2[nH]c(C3CC3)nc2c(O)c1CCCC(O)c1ccccc1. The lowest BCUT2D eigenvalue weighted by molar-refractivity contribution is 0.0826. The van der Waals surface area contributed by atoms with E-state index >= 15 is 0 Å². The fourth-order valence-corrected chi connectivity index (χ4v) is 3.74. The van der Waals surface area contributed by atoms with E-state index in [4.69, 9.17) is 0 Å². The number of amides is 1. The fourth-order valence-electron chi connectivity index (χ4n) is 3.74. The molecule has 1 aromatic heterocycles. The molecule has 0 spiro atoms. The standard InChI is InChI=1S/C23H27N3O3/c1-26(2)23(29)17-13-18-20(25-22(24-18)15-11-12-15)21(28)16(17)9-6-10-19(27)14-7-4-3-5-8-14/h3-5,7-8,13,15,19,27-28H,6,9-12H2,1-2H3,(H,24,25). The predicted molar refractivity (Wildman–Crippen MR) is 112 cm³/mol. The normalized spacial score (nSPS) is 14.9. The number of imidazole rings is 1. The maximum atomic E-state index is 12.8. The number of nitrogens with one attached hydrogen (secondary N) is 1. The zero-order valence-electron chi connectivity index (χ0n) is 16.9. The van der Waals surface area contributed by atoms with Gasteiger partial charge in [0.2, 0.25) is 0 Å². The number of phenols is 1. The molecule has 1 atom stereocenters. The minimum absolute atomic E-state index is 0.0741. The molecule has 6 nitrogen and oxygen atoms in total. The Kier molecular flexibility index (Phi) is 5.28. The molecular weight excluding hydrogens is 366 g/mol. The second-order valence-corrected chi connectivity index (χ2v) is 8.06. The lowest BCUT2D eigenvalue weighted by atomic mass is 9.96. The lowest BCUT2D eigenvalue weighted by Crippen LogP contribution is -2.23. The van der Waals surface area contributed by atoms with E-state index in [1.54, 1.807) is 20.2 Å². The van der Waals surface area contributed by atoms with Crippen molar-refractivity contribution in [3.05, 3.63) is 58.9 Å². The molecule has 29 heavy (non-hydrogen) atoms. The van der Waals surface area contributed by atoms with Gasteiger partial charge in [0.1, 0.15) is 17.1 Å². The van der Waals surface area contributed by atoms with Gasteiger partial charge in [0.05, 0.1) is 11.6 Å². The molecule has 0 saturated heterocycles. The Morgan fingerprint density at radius 1 is 1.28 bits per heavy atom. The summed E-state index contributed by atoms with van der Waals surface area (Å²) in [5.41, 5.74) is 3.19. The molecular formula is C23H27N3O3. The van der Waals surface area contributed by atoms with Gasteiger partial charge in [-0.1, -0.05) is 30.3 Å². The minimum atomic E-state index is -0.568. The molecule has 3 aromatic rings.